The minimum atomic E-state index is 0.826. The lowest BCUT2D eigenvalue weighted by molar-refractivity contribution is 0.415. The highest BCUT2D eigenvalue weighted by Gasteiger charge is 2.12. The maximum Gasteiger partial charge on any atom is 0.119 e. The maximum absolute atomic E-state index is 5.44. The number of aromatic nitrogens is 1. The van der Waals surface area contributed by atoms with Crippen molar-refractivity contribution in [1.29, 1.82) is 0 Å². The van der Waals surface area contributed by atoms with E-state index in [9.17, 15) is 0 Å². The summed E-state index contributed by atoms with van der Waals surface area (Å²) in [5.41, 5.74) is 7.33. The van der Waals surface area contributed by atoms with Crippen LogP contribution in [0, 0.1) is 0 Å². The zero-order valence-electron chi connectivity index (χ0n) is 17.2. The number of methoxy groups -OCH3 is 1. The van der Waals surface area contributed by atoms with Gasteiger partial charge in [-0.2, -0.15) is 0 Å². The van der Waals surface area contributed by atoms with E-state index in [2.05, 4.69) is 81.9 Å². The summed E-state index contributed by atoms with van der Waals surface area (Å²) in [5, 5.41) is 7.67. The third-order valence-corrected chi connectivity index (χ3v) is 5.35. The van der Waals surface area contributed by atoms with Gasteiger partial charge in [0.15, 0.2) is 0 Å². The summed E-state index contributed by atoms with van der Waals surface area (Å²) in [7, 11) is 5.62. The Labute approximate surface area is 172 Å². The maximum atomic E-state index is 5.44. The first-order valence-corrected chi connectivity index (χ1v) is 9.89. The van der Waals surface area contributed by atoms with Gasteiger partial charge in [-0.05, 0) is 59.7 Å². The molecule has 0 aliphatic carbocycles. The summed E-state index contributed by atoms with van der Waals surface area (Å²) < 4.78 is 7.86. The number of fused-ring (bicyclic) bond motifs is 1. The van der Waals surface area contributed by atoms with Crippen LogP contribution in [0.4, 0.5) is 11.4 Å². The van der Waals surface area contributed by atoms with Crippen molar-refractivity contribution in [2.24, 2.45) is 0 Å². The van der Waals surface area contributed by atoms with E-state index in [1.807, 2.05) is 20.2 Å². The number of rotatable bonds is 7. The van der Waals surface area contributed by atoms with E-state index in [1.165, 1.54) is 27.7 Å². The van der Waals surface area contributed by atoms with Crippen molar-refractivity contribution in [3.05, 3.63) is 89.6 Å². The average molecular weight is 386 g/mol. The van der Waals surface area contributed by atoms with Gasteiger partial charge >= 0.3 is 0 Å². The zero-order chi connectivity index (χ0) is 20.2. The summed E-state index contributed by atoms with van der Waals surface area (Å²) in [6.45, 7) is 0.826. The molecule has 0 atom stereocenters. The Morgan fingerprint density at radius 1 is 0.793 bits per heavy atom. The molecule has 148 valence electrons. The molecule has 0 aliphatic rings. The van der Waals surface area contributed by atoms with Crippen molar-refractivity contribution in [3.8, 4) is 5.75 Å². The van der Waals surface area contributed by atoms with Crippen molar-refractivity contribution in [1.82, 2.24) is 4.57 Å². The summed E-state index contributed by atoms with van der Waals surface area (Å²) in [6, 6.07) is 25.8. The Kier molecular flexibility index (Phi) is 5.43. The molecule has 0 saturated carbocycles. The third-order valence-electron chi connectivity index (χ3n) is 5.35. The normalized spacial score (nSPS) is 10.9. The first kappa shape index (κ1) is 18.9. The molecular weight excluding hydrogens is 358 g/mol. The highest BCUT2D eigenvalue weighted by atomic mass is 16.5. The van der Waals surface area contributed by atoms with Gasteiger partial charge in [0.05, 0.1) is 7.11 Å². The van der Waals surface area contributed by atoms with Crippen LogP contribution in [0.2, 0.25) is 0 Å². The fourth-order valence-corrected chi connectivity index (χ4v) is 3.82. The van der Waals surface area contributed by atoms with Crippen LogP contribution in [-0.2, 0) is 13.0 Å². The molecule has 4 rings (SSSR count). The van der Waals surface area contributed by atoms with E-state index in [4.69, 9.17) is 4.74 Å². The van der Waals surface area contributed by atoms with E-state index in [-0.39, 0.29) is 0 Å². The van der Waals surface area contributed by atoms with Crippen LogP contribution in [0.15, 0.2) is 72.8 Å². The van der Waals surface area contributed by atoms with Gasteiger partial charge < -0.3 is 19.9 Å². The molecule has 4 aromatic rings. The fraction of sp³-hybridized carbons (Fsp3) is 0.200. The summed E-state index contributed by atoms with van der Waals surface area (Å²) in [5.74, 6) is 0.885. The van der Waals surface area contributed by atoms with Crippen LogP contribution >= 0.6 is 0 Å². The van der Waals surface area contributed by atoms with E-state index in [1.54, 1.807) is 7.11 Å². The van der Waals surface area contributed by atoms with Crippen LogP contribution in [0.25, 0.3) is 10.9 Å². The number of nitrogens with one attached hydrogen (secondary N) is 2. The van der Waals surface area contributed by atoms with Crippen molar-refractivity contribution in [2.75, 3.05) is 31.8 Å². The molecule has 0 amide bonds. The molecule has 4 heteroatoms. The molecule has 0 spiro atoms. The van der Waals surface area contributed by atoms with E-state index in [0.29, 0.717) is 0 Å². The van der Waals surface area contributed by atoms with Gasteiger partial charge in [-0.25, -0.2) is 0 Å². The standard InChI is InChI=1S/C25H27N3O/c1-26-21-8-4-6-18(12-21)14-23-15-20-16-24(29-3)10-11-25(20)28(23)17-19-7-5-9-22(13-19)27-2/h4-13,15-16,26-27H,14,17H2,1-3H3. The molecular formula is C25H27N3O. The molecule has 29 heavy (non-hydrogen) atoms. The van der Waals surface area contributed by atoms with Gasteiger partial charge in [0.25, 0.3) is 0 Å². The minimum Gasteiger partial charge on any atom is -0.497 e. The second kappa shape index (κ2) is 8.31. The third kappa shape index (κ3) is 4.06. The molecule has 1 aromatic heterocycles. The van der Waals surface area contributed by atoms with Gasteiger partial charge in [-0.1, -0.05) is 24.3 Å². The highest BCUT2D eigenvalue weighted by molar-refractivity contribution is 5.83. The molecule has 3 aromatic carbocycles. The Morgan fingerprint density at radius 3 is 2.17 bits per heavy atom. The molecule has 0 fully saturated rings. The number of ether oxygens (including phenoxy) is 1. The van der Waals surface area contributed by atoms with E-state index in [0.717, 1.165) is 30.1 Å². The average Bonchev–Trinajstić information content (AvgIpc) is 3.09. The Bertz CT molecular complexity index is 1130. The van der Waals surface area contributed by atoms with Gasteiger partial charge in [-0.15, -0.1) is 0 Å². The van der Waals surface area contributed by atoms with Crippen molar-refractivity contribution < 1.29 is 4.74 Å². The lowest BCUT2D eigenvalue weighted by Gasteiger charge is -2.13. The van der Waals surface area contributed by atoms with Crippen molar-refractivity contribution in [2.45, 2.75) is 13.0 Å². The predicted octanol–water partition coefficient (Wildman–Crippen LogP) is 5.37. The molecule has 0 aliphatic heterocycles. The van der Waals surface area contributed by atoms with E-state index >= 15 is 0 Å². The first-order chi connectivity index (χ1) is 14.2. The predicted molar refractivity (Wildman–Crippen MR) is 122 cm³/mol. The molecule has 4 nitrogen and oxygen atoms in total. The highest BCUT2D eigenvalue weighted by Crippen LogP contribution is 2.28. The summed E-state index contributed by atoms with van der Waals surface area (Å²) in [4.78, 5) is 0. The van der Waals surface area contributed by atoms with Gasteiger partial charge in [0.2, 0.25) is 0 Å². The molecule has 1 heterocycles. The van der Waals surface area contributed by atoms with Crippen molar-refractivity contribution in [3.63, 3.8) is 0 Å². The van der Waals surface area contributed by atoms with Gasteiger partial charge in [0.1, 0.15) is 5.75 Å². The quantitative estimate of drug-likeness (QED) is 0.449. The van der Waals surface area contributed by atoms with Crippen LogP contribution in [0.3, 0.4) is 0 Å². The molecule has 2 N–H and O–H groups in total. The SMILES string of the molecule is CNc1cccc(Cc2cc3cc(OC)ccc3n2Cc2cccc(NC)c2)c1. The molecule has 0 bridgehead atoms. The number of hydrogen-bond acceptors (Lipinski definition) is 3. The summed E-state index contributed by atoms with van der Waals surface area (Å²) in [6.07, 6.45) is 0.873. The zero-order valence-corrected chi connectivity index (χ0v) is 17.2. The topological polar surface area (TPSA) is 38.2 Å². The lowest BCUT2D eigenvalue weighted by atomic mass is 10.1. The molecule has 0 radical (unpaired) electrons. The van der Waals surface area contributed by atoms with E-state index < -0.39 is 0 Å². The van der Waals surface area contributed by atoms with Crippen LogP contribution in [-0.4, -0.2) is 25.8 Å². The lowest BCUT2D eigenvalue weighted by Crippen LogP contribution is -2.05. The monoisotopic (exact) mass is 385 g/mol. The van der Waals surface area contributed by atoms with Crippen LogP contribution < -0.4 is 15.4 Å². The van der Waals surface area contributed by atoms with Crippen LogP contribution in [0.5, 0.6) is 5.75 Å². The fourth-order valence-electron chi connectivity index (χ4n) is 3.82. The largest absolute Gasteiger partial charge is 0.497 e. The Hall–Kier alpha value is -3.40. The number of benzene rings is 3. The second-order valence-electron chi connectivity index (χ2n) is 7.22. The van der Waals surface area contributed by atoms with Crippen LogP contribution in [0.1, 0.15) is 16.8 Å². The minimum absolute atomic E-state index is 0.826. The number of nitrogens with zero attached hydrogens (tertiary/aromatic N) is 1. The summed E-state index contributed by atoms with van der Waals surface area (Å²) >= 11 is 0. The molecule has 0 saturated heterocycles. The number of hydrogen-bond donors (Lipinski definition) is 2. The Balaban J connectivity index is 1.77. The smallest absolute Gasteiger partial charge is 0.119 e. The van der Waals surface area contributed by atoms with Crippen molar-refractivity contribution >= 4 is 22.3 Å². The van der Waals surface area contributed by atoms with Gasteiger partial charge in [-0.3, -0.25) is 0 Å². The second-order valence-corrected chi connectivity index (χ2v) is 7.22. The Morgan fingerprint density at radius 2 is 1.48 bits per heavy atom. The number of anilines is 2. The first-order valence-electron chi connectivity index (χ1n) is 9.89. The van der Waals surface area contributed by atoms with Gasteiger partial charge in [0, 0.05) is 55.0 Å². The molecule has 0 unspecified atom stereocenters.